The average Bonchev–Trinajstić information content (AvgIpc) is 3.49. The van der Waals surface area contributed by atoms with Crippen molar-refractivity contribution in [2.45, 2.75) is 26.7 Å². The standard InChI is InChI=1S/C41H28N6O2.2Pd/c1-3-27-19-33(48-31-13-9-11-29(21-31)35-15-5-7-17-43-35)23-37-39(27)40-28(4-2)20-34(24-38(40)47(37)41-45-25-42-26-46-41)49-32-14-10-12-30(22-32)36-16-6-8-18-44-36;;/h5-20,25-26H,3-4H2,1-2H3;;/q-4;2*+2. The van der Waals surface area contributed by atoms with Crippen LogP contribution in [0.1, 0.15) is 25.0 Å². The summed E-state index contributed by atoms with van der Waals surface area (Å²) < 4.78 is 14.8. The zero-order valence-corrected chi connectivity index (χ0v) is 30.5. The van der Waals surface area contributed by atoms with E-state index in [-0.39, 0.29) is 40.8 Å². The van der Waals surface area contributed by atoms with Crippen molar-refractivity contribution in [3.63, 3.8) is 0 Å². The van der Waals surface area contributed by atoms with Crippen molar-refractivity contribution >= 4 is 21.8 Å². The molecule has 0 bridgehead atoms. The molecule has 0 aliphatic heterocycles. The Morgan fingerprint density at radius 3 is 1.47 bits per heavy atom. The largest absolute Gasteiger partial charge is 2.00 e. The first-order valence-corrected chi connectivity index (χ1v) is 16.0. The molecule has 8 nitrogen and oxygen atoms in total. The molecule has 4 aromatic heterocycles. The number of rotatable bonds is 9. The fourth-order valence-corrected chi connectivity index (χ4v) is 6.01. The number of nitrogens with zero attached hydrogens (tertiary/aromatic N) is 6. The first-order chi connectivity index (χ1) is 24.2. The minimum absolute atomic E-state index is 0. The van der Waals surface area contributed by atoms with Crippen LogP contribution in [0.3, 0.4) is 0 Å². The van der Waals surface area contributed by atoms with E-state index in [9.17, 15) is 0 Å². The molecule has 51 heavy (non-hydrogen) atoms. The molecule has 0 amide bonds. The van der Waals surface area contributed by atoms with Crippen molar-refractivity contribution in [1.82, 2.24) is 29.5 Å². The predicted octanol–water partition coefficient (Wildman–Crippen LogP) is 9.00. The molecule has 10 heteroatoms. The van der Waals surface area contributed by atoms with Gasteiger partial charge in [-0.05, 0) is 23.5 Å². The molecule has 0 radical (unpaired) electrons. The maximum Gasteiger partial charge on any atom is 2.00 e. The van der Waals surface area contributed by atoms with Gasteiger partial charge >= 0.3 is 40.8 Å². The van der Waals surface area contributed by atoms with E-state index >= 15 is 0 Å². The van der Waals surface area contributed by atoms with Crippen molar-refractivity contribution in [2.24, 2.45) is 0 Å². The average molecular weight is 850 g/mol. The van der Waals surface area contributed by atoms with Crippen molar-refractivity contribution < 1.29 is 50.3 Å². The molecule has 0 aliphatic carbocycles. The van der Waals surface area contributed by atoms with Crippen LogP contribution in [0.2, 0.25) is 0 Å². The Morgan fingerprint density at radius 2 is 1.04 bits per heavy atom. The van der Waals surface area contributed by atoms with Gasteiger partial charge in [0, 0.05) is 35.4 Å². The Balaban J connectivity index is 0.00000224. The molecule has 4 aromatic carbocycles. The van der Waals surface area contributed by atoms with Crippen LogP contribution < -0.4 is 9.47 Å². The SMILES string of the molecule is CCc1cc(Oc2[c-]c(-c3ccccn3)ccc2)[c-]c2c1c1c(CC)cc(Oc3[c-]c(-c4ccccn4)ccc3)[c-]c1n2-c1ncncn1.[Pd+2].[Pd+2]. The number of benzene rings is 4. The zero-order chi connectivity index (χ0) is 33.2. The van der Waals surface area contributed by atoms with Gasteiger partial charge < -0.3 is 24.0 Å². The molecule has 0 unspecified atom stereocenters. The van der Waals surface area contributed by atoms with Crippen molar-refractivity contribution in [3.05, 3.63) is 145 Å². The summed E-state index contributed by atoms with van der Waals surface area (Å²) in [5.74, 6) is 2.65. The molecule has 8 rings (SSSR count). The van der Waals surface area contributed by atoms with Crippen LogP contribution in [0.5, 0.6) is 23.0 Å². The molecule has 4 heterocycles. The number of hydrogen-bond acceptors (Lipinski definition) is 7. The van der Waals surface area contributed by atoms with Crippen LogP contribution in [0, 0.1) is 24.3 Å². The smallest absolute Gasteiger partial charge is 0.503 e. The van der Waals surface area contributed by atoms with E-state index < -0.39 is 0 Å². The second kappa shape index (κ2) is 15.9. The van der Waals surface area contributed by atoms with Gasteiger partial charge in [-0.25, -0.2) is 15.0 Å². The Bertz CT molecular complexity index is 2270. The summed E-state index contributed by atoms with van der Waals surface area (Å²) >= 11 is 0. The maximum atomic E-state index is 6.44. The van der Waals surface area contributed by atoms with Crippen LogP contribution in [-0.2, 0) is 53.7 Å². The van der Waals surface area contributed by atoms with Crippen LogP contribution in [-0.4, -0.2) is 29.5 Å². The summed E-state index contributed by atoms with van der Waals surface area (Å²) in [5, 5.41) is 2.08. The minimum Gasteiger partial charge on any atom is -0.503 e. The monoisotopic (exact) mass is 848 g/mol. The van der Waals surface area contributed by atoms with E-state index in [0.717, 1.165) is 68.3 Å². The number of pyridine rings is 2. The Morgan fingerprint density at radius 1 is 0.549 bits per heavy atom. The molecule has 0 saturated carbocycles. The second-order valence-electron chi connectivity index (χ2n) is 11.2. The molecule has 0 aliphatic rings. The molecular formula is C41H28N6O2Pd2. The van der Waals surface area contributed by atoms with Gasteiger partial charge in [0.1, 0.15) is 12.7 Å². The topological polar surface area (TPSA) is 87.8 Å². The first kappa shape index (κ1) is 35.7. The van der Waals surface area contributed by atoms with Gasteiger partial charge in [0.05, 0.1) is 0 Å². The van der Waals surface area contributed by atoms with E-state index in [1.54, 1.807) is 12.4 Å². The summed E-state index contributed by atoms with van der Waals surface area (Å²) in [6.07, 6.45) is 8.01. The molecule has 0 atom stereocenters. The van der Waals surface area contributed by atoms with Crippen molar-refractivity contribution in [2.75, 3.05) is 0 Å². The Labute approximate surface area is 323 Å². The quantitative estimate of drug-likeness (QED) is 0.106. The van der Waals surface area contributed by atoms with Gasteiger partial charge in [-0.3, -0.25) is 0 Å². The van der Waals surface area contributed by atoms with Crippen molar-refractivity contribution in [1.29, 1.82) is 0 Å². The number of fused-ring (bicyclic) bond motifs is 3. The fourth-order valence-electron chi connectivity index (χ4n) is 6.01. The van der Waals surface area contributed by atoms with Gasteiger partial charge in [0.2, 0.25) is 5.95 Å². The van der Waals surface area contributed by atoms with Crippen LogP contribution >= 0.6 is 0 Å². The van der Waals surface area contributed by atoms with E-state index in [4.69, 9.17) is 9.47 Å². The molecule has 0 spiro atoms. The number of hydrogen-bond donors (Lipinski definition) is 0. The van der Waals surface area contributed by atoms with Crippen LogP contribution in [0.15, 0.2) is 110 Å². The van der Waals surface area contributed by atoms with Gasteiger partial charge in [0.15, 0.2) is 0 Å². The fraction of sp³-hybridized carbons (Fsp3) is 0.0976. The maximum absolute atomic E-state index is 6.44. The van der Waals surface area contributed by atoms with Gasteiger partial charge in [-0.2, -0.15) is 21.9 Å². The Kier molecular flexibility index (Phi) is 11.1. The third-order valence-electron chi connectivity index (χ3n) is 8.21. The summed E-state index contributed by atoms with van der Waals surface area (Å²) in [6.45, 7) is 4.27. The summed E-state index contributed by atoms with van der Waals surface area (Å²) in [7, 11) is 0. The minimum atomic E-state index is 0. The third kappa shape index (κ3) is 7.24. The normalized spacial score (nSPS) is 10.8. The molecule has 0 saturated heterocycles. The molecule has 0 fully saturated rings. The van der Waals surface area contributed by atoms with E-state index in [2.05, 4.69) is 63.0 Å². The zero-order valence-electron chi connectivity index (χ0n) is 27.4. The number of aryl methyl sites for hydroxylation is 2. The van der Waals surface area contributed by atoms with Gasteiger partial charge in [-0.15, -0.1) is 71.8 Å². The van der Waals surface area contributed by atoms with E-state index in [1.165, 1.54) is 12.7 Å². The molecular weight excluding hydrogens is 821 g/mol. The number of aromatic nitrogens is 6. The second-order valence-corrected chi connectivity index (χ2v) is 11.2. The molecule has 0 N–H and O–H groups in total. The first-order valence-electron chi connectivity index (χ1n) is 16.0. The molecule has 254 valence electrons. The van der Waals surface area contributed by atoms with Crippen LogP contribution in [0.4, 0.5) is 0 Å². The molecule has 8 aromatic rings. The summed E-state index contributed by atoms with van der Waals surface area (Å²) in [6, 6.07) is 41.0. The Hall–Kier alpha value is -5.09. The third-order valence-corrected chi connectivity index (χ3v) is 8.21. The summed E-state index contributed by atoms with van der Waals surface area (Å²) in [4.78, 5) is 22.1. The predicted molar refractivity (Wildman–Crippen MR) is 188 cm³/mol. The summed E-state index contributed by atoms with van der Waals surface area (Å²) in [5.41, 5.74) is 7.03. The number of ether oxygens (including phenoxy) is 2. The van der Waals surface area contributed by atoms with Crippen molar-refractivity contribution in [3.8, 4) is 51.5 Å². The van der Waals surface area contributed by atoms with Crippen LogP contribution in [0.25, 0.3) is 50.3 Å². The van der Waals surface area contributed by atoms with Gasteiger partial charge in [-0.1, -0.05) is 74.1 Å². The van der Waals surface area contributed by atoms with E-state index in [0.29, 0.717) is 28.9 Å². The van der Waals surface area contributed by atoms with Gasteiger partial charge in [0.25, 0.3) is 0 Å². The van der Waals surface area contributed by atoms with E-state index in [1.807, 2.05) is 89.5 Å².